The van der Waals surface area contributed by atoms with Crippen molar-refractivity contribution in [3.8, 4) is 0 Å². The quantitative estimate of drug-likeness (QED) is 0.869. The number of fused-ring (bicyclic) bond motifs is 6. The maximum atomic E-state index is 9.10. The van der Waals surface area contributed by atoms with Crippen molar-refractivity contribution in [3.05, 3.63) is 70.8 Å². The SMILES string of the molecule is OCCCC[C@H]1C2c3ccccc3CN1Cc1ccccc12. The number of aliphatic hydroxyl groups excluding tert-OH is 1. The van der Waals surface area contributed by atoms with E-state index in [-0.39, 0.29) is 0 Å². The smallest absolute Gasteiger partial charge is 0.0431 e. The second-order valence-corrected chi connectivity index (χ2v) is 6.57. The number of unbranched alkanes of at least 4 members (excludes halogenated alkanes) is 1. The van der Waals surface area contributed by atoms with Crippen molar-refractivity contribution < 1.29 is 5.11 Å². The first-order chi connectivity index (χ1) is 10.9. The van der Waals surface area contributed by atoms with Gasteiger partial charge in [-0.2, -0.15) is 0 Å². The van der Waals surface area contributed by atoms with Crippen LogP contribution in [-0.4, -0.2) is 22.7 Å². The van der Waals surface area contributed by atoms with E-state index >= 15 is 0 Å². The van der Waals surface area contributed by atoms with E-state index in [9.17, 15) is 0 Å². The fourth-order valence-electron chi connectivity index (χ4n) is 4.30. The third-order valence-electron chi connectivity index (χ3n) is 5.29. The fraction of sp³-hybridized carbons (Fsp3) is 0.400. The molecular formula is C20H23NO. The molecule has 1 N–H and O–H groups in total. The van der Waals surface area contributed by atoms with Gasteiger partial charge in [-0.1, -0.05) is 48.5 Å². The molecule has 0 saturated heterocycles. The van der Waals surface area contributed by atoms with E-state index < -0.39 is 0 Å². The molecule has 4 rings (SSSR count). The lowest BCUT2D eigenvalue weighted by atomic mass is 9.73. The molecule has 2 heterocycles. The molecule has 0 radical (unpaired) electrons. The molecule has 2 nitrogen and oxygen atoms in total. The lowest BCUT2D eigenvalue weighted by Crippen LogP contribution is -2.46. The summed E-state index contributed by atoms with van der Waals surface area (Å²) in [5, 5.41) is 9.10. The normalized spacial score (nSPS) is 25.4. The lowest BCUT2D eigenvalue weighted by Gasteiger charge is -2.47. The Balaban J connectivity index is 1.77. The average Bonchev–Trinajstić information content (AvgIpc) is 2.55. The molecule has 0 spiro atoms. The average molecular weight is 293 g/mol. The maximum absolute atomic E-state index is 9.10. The Morgan fingerprint density at radius 1 is 0.864 bits per heavy atom. The van der Waals surface area contributed by atoms with Gasteiger partial charge in [-0.3, -0.25) is 4.90 Å². The second kappa shape index (κ2) is 5.86. The third-order valence-corrected chi connectivity index (χ3v) is 5.29. The Morgan fingerprint density at radius 3 is 2.05 bits per heavy atom. The van der Waals surface area contributed by atoms with Crippen LogP contribution in [0.4, 0.5) is 0 Å². The van der Waals surface area contributed by atoms with Gasteiger partial charge < -0.3 is 5.11 Å². The monoisotopic (exact) mass is 293 g/mol. The minimum Gasteiger partial charge on any atom is -0.396 e. The number of benzene rings is 2. The highest BCUT2D eigenvalue weighted by Crippen LogP contribution is 2.45. The predicted molar refractivity (Wildman–Crippen MR) is 88.7 cm³/mol. The Hall–Kier alpha value is -1.64. The first-order valence-corrected chi connectivity index (χ1v) is 8.39. The summed E-state index contributed by atoms with van der Waals surface area (Å²) < 4.78 is 0. The van der Waals surface area contributed by atoms with E-state index in [2.05, 4.69) is 53.4 Å². The number of aliphatic hydroxyl groups is 1. The van der Waals surface area contributed by atoms with Gasteiger partial charge in [0.15, 0.2) is 0 Å². The zero-order valence-corrected chi connectivity index (χ0v) is 12.9. The van der Waals surface area contributed by atoms with Crippen molar-refractivity contribution in [1.82, 2.24) is 4.90 Å². The van der Waals surface area contributed by atoms with Gasteiger partial charge in [0.05, 0.1) is 0 Å². The van der Waals surface area contributed by atoms with Gasteiger partial charge in [-0.05, 0) is 41.5 Å². The number of nitrogens with zero attached hydrogens (tertiary/aromatic N) is 1. The molecule has 2 aliphatic heterocycles. The van der Waals surface area contributed by atoms with Gasteiger partial charge >= 0.3 is 0 Å². The lowest BCUT2D eigenvalue weighted by molar-refractivity contribution is 0.119. The van der Waals surface area contributed by atoms with Crippen molar-refractivity contribution >= 4 is 0 Å². The molecule has 0 aromatic heterocycles. The molecule has 2 heteroatoms. The summed E-state index contributed by atoms with van der Waals surface area (Å²) in [6.07, 6.45) is 3.20. The van der Waals surface area contributed by atoms with E-state index in [1.54, 1.807) is 0 Å². The van der Waals surface area contributed by atoms with Gasteiger partial charge in [-0.15, -0.1) is 0 Å². The molecule has 0 unspecified atom stereocenters. The van der Waals surface area contributed by atoms with Gasteiger partial charge in [-0.25, -0.2) is 0 Å². The summed E-state index contributed by atoms with van der Waals surface area (Å²) in [5.74, 6) is 0.494. The summed E-state index contributed by atoms with van der Waals surface area (Å²) in [6.45, 7) is 2.43. The summed E-state index contributed by atoms with van der Waals surface area (Å²) in [4.78, 5) is 2.65. The van der Waals surface area contributed by atoms with Crippen molar-refractivity contribution in [2.24, 2.45) is 0 Å². The van der Waals surface area contributed by atoms with Crippen LogP contribution >= 0.6 is 0 Å². The van der Waals surface area contributed by atoms with Crippen LogP contribution in [0.15, 0.2) is 48.5 Å². The summed E-state index contributed by atoms with van der Waals surface area (Å²) >= 11 is 0. The van der Waals surface area contributed by atoms with E-state index in [1.807, 2.05) is 0 Å². The minimum absolute atomic E-state index is 0.310. The molecule has 2 aliphatic rings. The van der Waals surface area contributed by atoms with Crippen LogP contribution in [0.25, 0.3) is 0 Å². The van der Waals surface area contributed by atoms with Gasteiger partial charge in [0, 0.05) is 31.7 Å². The van der Waals surface area contributed by atoms with E-state index in [0.717, 1.165) is 25.9 Å². The van der Waals surface area contributed by atoms with Crippen LogP contribution < -0.4 is 0 Å². The van der Waals surface area contributed by atoms with Gasteiger partial charge in [0.25, 0.3) is 0 Å². The molecule has 2 bridgehead atoms. The minimum atomic E-state index is 0.310. The highest BCUT2D eigenvalue weighted by atomic mass is 16.2. The maximum Gasteiger partial charge on any atom is 0.0431 e. The molecule has 0 aliphatic carbocycles. The van der Waals surface area contributed by atoms with Crippen molar-refractivity contribution in [2.75, 3.05) is 6.61 Å². The second-order valence-electron chi connectivity index (χ2n) is 6.57. The molecule has 114 valence electrons. The topological polar surface area (TPSA) is 23.5 Å². The zero-order chi connectivity index (χ0) is 14.9. The Bertz CT molecular complexity index is 617. The largest absolute Gasteiger partial charge is 0.396 e. The van der Waals surface area contributed by atoms with Crippen LogP contribution in [-0.2, 0) is 13.1 Å². The highest BCUT2D eigenvalue weighted by Gasteiger charge is 2.39. The van der Waals surface area contributed by atoms with E-state index in [1.165, 1.54) is 28.7 Å². The molecule has 2 aromatic rings. The zero-order valence-electron chi connectivity index (χ0n) is 12.9. The Kier molecular flexibility index (Phi) is 3.73. The molecule has 1 atom stereocenters. The van der Waals surface area contributed by atoms with Crippen LogP contribution in [0.5, 0.6) is 0 Å². The van der Waals surface area contributed by atoms with Crippen LogP contribution in [0, 0.1) is 0 Å². The van der Waals surface area contributed by atoms with Crippen molar-refractivity contribution in [1.29, 1.82) is 0 Å². The molecule has 0 saturated carbocycles. The van der Waals surface area contributed by atoms with Gasteiger partial charge in [0.2, 0.25) is 0 Å². The standard InChI is InChI=1S/C20H23NO/c22-12-6-5-11-19-20-17-9-3-1-7-15(17)13-21(19)14-16-8-2-4-10-18(16)20/h1-4,7-10,19-20,22H,5-6,11-14H2/t19-/m0/s1. The highest BCUT2D eigenvalue weighted by molar-refractivity contribution is 5.47. The van der Waals surface area contributed by atoms with Crippen molar-refractivity contribution in [2.45, 2.75) is 44.3 Å². The molecule has 0 amide bonds. The molecule has 0 fully saturated rings. The van der Waals surface area contributed by atoms with Crippen LogP contribution in [0.1, 0.15) is 47.4 Å². The number of hydrogen-bond donors (Lipinski definition) is 1. The summed E-state index contributed by atoms with van der Waals surface area (Å²) in [7, 11) is 0. The first-order valence-electron chi connectivity index (χ1n) is 8.39. The van der Waals surface area contributed by atoms with E-state index in [4.69, 9.17) is 5.11 Å². The third kappa shape index (κ3) is 2.27. The van der Waals surface area contributed by atoms with Crippen LogP contribution in [0.2, 0.25) is 0 Å². The van der Waals surface area contributed by atoms with Crippen molar-refractivity contribution in [3.63, 3.8) is 0 Å². The van der Waals surface area contributed by atoms with Crippen LogP contribution in [0.3, 0.4) is 0 Å². The predicted octanol–water partition coefficient (Wildman–Crippen LogP) is 3.68. The summed E-state index contributed by atoms with van der Waals surface area (Å²) in [5.41, 5.74) is 6.00. The fourth-order valence-corrected chi connectivity index (χ4v) is 4.30. The Labute approximate surface area is 132 Å². The molecular weight excluding hydrogens is 270 g/mol. The molecule has 22 heavy (non-hydrogen) atoms. The van der Waals surface area contributed by atoms with E-state index in [0.29, 0.717) is 18.6 Å². The summed E-state index contributed by atoms with van der Waals surface area (Å²) in [6, 6.07) is 18.5. The number of hydrogen-bond acceptors (Lipinski definition) is 2. The first kappa shape index (κ1) is 14.0. The Morgan fingerprint density at radius 2 is 1.45 bits per heavy atom. The van der Waals surface area contributed by atoms with Gasteiger partial charge in [0.1, 0.15) is 0 Å². The molecule has 2 aromatic carbocycles. The number of rotatable bonds is 4.